The Morgan fingerprint density at radius 3 is 2.67 bits per heavy atom. The molecule has 4 nitrogen and oxygen atoms in total. The Kier molecular flexibility index (Phi) is 4.94. The van der Waals surface area contributed by atoms with E-state index in [4.69, 9.17) is 9.47 Å². The van der Waals surface area contributed by atoms with Gasteiger partial charge in [0.25, 0.3) is 0 Å². The quantitative estimate of drug-likeness (QED) is 0.846. The van der Waals surface area contributed by atoms with Crippen molar-refractivity contribution >= 4 is 21.9 Å². The van der Waals surface area contributed by atoms with E-state index in [0.29, 0.717) is 6.54 Å². The predicted molar refractivity (Wildman–Crippen MR) is 85.6 cm³/mol. The molecule has 2 atom stereocenters. The van der Waals surface area contributed by atoms with Crippen LogP contribution in [0, 0.1) is 5.92 Å². The van der Waals surface area contributed by atoms with Crippen LogP contribution in [0.1, 0.15) is 32.3 Å². The maximum atomic E-state index is 12.4. The summed E-state index contributed by atoms with van der Waals surface area (Å²) in [4.78, 5) is 12.4. The molecule has 1 N–H and O–H groups in total. The van der Waals surface area contributed by atoms with Crippen molar-refractivity contribution in [2.45, 2.75) is 32.3 Å². The minimum absolute atomic E-state index is 0.0873. The molecule has 5 heteroatoms. The monoisotopic (exact) mass is 355 g/mol. The summed E-state index contributed by atoms with van der Waals surface area (Å²) < 4.78 is 11.8. The Labute approximate surface area is 134 Å². The highest BCUT2D eigenvalue weighted by Crippen LogP contribution is 2.36. The third kappa shape index (κ3) is 3.98. The molecule has 0 radical (unpaired) electrons. The van der Waals surface area contributed by atoms with E-state index in [9.17, 15) is 4.79 Å². The lowest BCUT2D eigenvalue weighted by molar-refractivity contribution is -0.159. The van der Waals surface area contributed by atoms with E-state index in [-0.39, 0.29) is 17.8 Å². The van der Waals surface area contributed by atoms with Gasteiger partial charge in [0, 0.05) is 23.5 Å². The van der Waals surface area contributed by atoms with Gasteiger partial charge in [0.05, 0.1) is 13.0 Å². The Hall–Kier alpha value is -1.07. The fourth-order valence-corrected chi connectivity index (χ4v) is 3.10. The standard InChI is InChI=1S/C16H22BrNO3/c1-16(2,3)21-15(19)13-9-18-8-12(13)11-7-10(20-4)5-6-14(11)17/h5-7,12-13,18H,8-9H2,1-4H3. The Morgan fingerprint density at radius 1 is 1.33 bits per heavy atom. The summed E-state index contributed by atoms with van der Waals surface area (Å²) in [7, 11) is 1.64. The van der Waals surface area contributed by atoms with Gasteiger partial charge >= 0.3 is 5.97 Å². The van der Waals surface area contributed by atoms with E-state index in [1.54, 1.807) is 7.11 Å². The number of ether oxygens (including phenoxy) is 2. The smallest absolute Gasteiger partial charge is 0.311 e. The second kappa shape index (κ2) is 6.36. The number of rotatable bonds is 3. The molecule has 0 aromatic heterocycles. The number of carbonyl (C=O) groups is 1. The van der Waals surface area contributed by atoms with Crippen molar-refractivity contribution in [3.63, 3.8) is 0 Å². The lowest BCUT2D eigenvalue weighted by Crippen LogP contribution is -2.31. The van der Waals surface area contributed by atoms with Crippen LogP contribution in [0.2, 0.25) is 0 Å². The summed E-state index contributed by atoms with van der Waals surface area (Å²) in [6, 6.07) is 5.84. The first-order valence-electron chi connectivity index (χ1n) is 7.09. The molecule has 1 fully saturated rings. The normalized spacial score (nSPS) is 22.1. The van der Waals surface area contributed by atoms with Crippen molar-refractivity contribution < 1.29 is 14.3 Å². The van der Waals surface area contributed by atoms with Crippen LogP contribution in [-0.4, -0.2) is 31.8 Å². The largest absolute Gasteiger partial charge is 0.497 e. The first-order valence-corrected chi connectivity index (χ1v) is 7.88. The lowest BCUT2D eigenvalue weighted by atomic mass is 9.88. The second-order valence-electron chi connectivity index (χ2n) is 6.29. The Morgan fingerprint density at radius 2 is 2.05 bits per heavy atom. The van der Waals surface area contributed by atoms with Crippen molar-refractivity contribution in [2.24, 2.45) is 5.92 Å². The summed E-state index contributed by atoms with van der Waals surface area (Å²) >= 11 is 3.57. The van der Waals surface area contributed by atoms with Gasteiger partial charge in [-0.3, -0.25) is 4.79 Å². The number of nitrogens with one attached hydrogen (secondary N) is 1. The van der Waals surface area contributed by atoms with E-state index >= 15 is 0 Å². The summed E-state index contributed by atoms with van der Waals surface area (Å²) in [5.74, 6) is 0.562. The number of methoxy groups -OCH3 is 1. The van der Waals surface area contributed by atoms with Crippen LogP contribution in [0.5, 0.6) is 5.75 Å². The molecule has 0 amide bonds. The van der Waals surface area contributed by atoms with Crippen LogP contribution < -0.4 is 10.1 Å². The van der Waals surface area contributed by atoms with Gasteiger partial charge in [0.1, 0.15) is 11.4 Å². The van der Waals surface area contributed by atoms with Gasteiger partial charge in [-0.2, -0.15) is 0 Å². The van der Waals surface area contributed by atoms with Gasteiger partial charge in [-0.1, -0.05) is 15.9 Å². The minimum atomic E-state index is -0.462. The maximum Gasteiger partial charge on any atom is 0.311 e. The van der Waals surface area contributed by atoms with Crippen molar-refractivity contribution in [1.29, 1.82) is 0 Å². The molecule has 2 unspecified atom stereocenters. The third-order valence-corrected chi connectivity index (χ3v) is 4.25. The zero-order chi connectivity index (χ0) is 15.6. The van der Waals surface area contributed by atoms with E-state index in [2.05, 4.69) is 21.2 Å². The number of halogens is 1. The summed E-state index contributed by atoms with van der Waals surface area (Å²) in [5.41, 5.74) is 0.616. The van der Waals surface area contributed by atoms with Crippen LogP contribution in [-0.2, 0) is 9.53 Å². The fraction of sp³-hybridized carbons (Fsp3) is 0.562. The Bertz CT molecular complexity index is 525. The number of hydrogen-bond acceptors (Lipinski definition) is 4. The molecule has 0 bridgehead atoms. The number of esters is 1. The highest BCUT2D eigenvalue weighted by molar-refractivity contribution is 9.10. The first kappa shape index (κ1) is 16.3. The molecule has 1 aromatic carbocycles. The van der Waals surface area contributed by atoms with Crippen molar-refractivity contribution in [3.8, 4) is 5.75 Å². The predicted octanol–water partition coefficient (Wildman–Crippen LogP) is 3.10. The highest BCUT2D eigenvalue weighted by atomic mass is 79.9. The molecule has 1 saturated heterocycles. The first-order chi connectivity index (χ1) is 9.81. The second-order valence-corrected chi connectivity index (χ2v) is 7.15. The van der Waals surface area contributed by atoms with Crippen LogP contribution in [0.3, 0.4) is 0 Å². The molecule has 0 aliphatic carbocycles. The molecular weight excluding hydrogens is 334 g/mol. The fourth-order valence-electron chi connectivity index (χ4n) is 2.56. The topological polar surface area (TPSA) is 47.6 Å². The SMILES string of the molecule is COc1ccc(Br)c(C2CNCC2C(=O)OC(C)(C)C)c1. The van der Waals surface area contributed by atoms with Gasteiger partial charge in [0.15, 0.2) is 0 Å². The van der Waals surface area contributed by atoms with E-state index in [1.807, 2.05) is 39.0 Å². The Balaban J connectivity index is 2.24. The van der Waals surface area contributed by atoms with Crippen LogP contribution in [0.15, 0.2) is 22.7 Å². The molecule has 1 heterocycles. The zero-order valence-electron chi connectivity index (χ0n) is 12.9. The summed E-state index contributed by atoms with van der Waals surface area (Å²) in [5, 5.41) is 3.29. The molecule has 0 spiro atoms. The molecule has 1 aliphatic heterocycles. The van der Waals surface area contributed by atoms with Crippen molar-refractivity contribution in [1.82, 2.24) is 5.32 Å². The van der Waals surface area contributed by atoms with Crippen LogP contribution >= 0.6 is 15.9 Å². The average Bonchev–Trinajstić information content (AvgIpc) is 2.86. The highest BCUT2D eigenvalue weighted by Gasteiger charge is 2.37. The third-order valence-electron chi connectivity index (χ3n) is 3.53. The summed E-state index contributed by atoms with van der Waals surface area (Å²) in [6.07, 6.45) is 0. The van der Waals surface area contributed by atoms with Crippen molar-refractivity contribution in [3.05, 3.63) is 28.2 Å². The molecule has 21 heavy (non-hydrogen) atoms. The van der Waals surface area contributed by atoms with E-state index in [1.165, 1.54) is 0 Å². The molecule has 0 saturated carbocycles. The molecule has 1 aliphatic rings. The molecular formula is C16H22BrNO3. The molecule has 116 valence electrons. The van der Waals surface area contributed by atoms with Gasteiger partial charge in [-0.25, -0.2) is 0 Å². The van der Waals surface area contributed by atoms with Gasteiger partial charge in [-0.15, -0.1) is 0 Å². The lowest BCUT2D eigenvalue weighted by Gasteiger charge is -2.25. The summed E-state index contributed by atoms with van der Waals surface area (Å²) in [6.45, 7) is 7.08. The maximum absolute atomic E-state index is 12.4. The van der Waals surface area contributed by atoms with Gasteiger partial charge in [-0.05, 0) is 44.5 Å². The van der Waals surface area contributed by atoms with E-state index in [0.717, 1.165) is 22.3 Å². The van der Waals surface area contributed by atoms with Gasteiger partial charge < -0.3 is 14.8 Å². The van der Waals surface area contributed by atoms with Gasteiger partial charge in [0.2, 0.25) is 0 Å². The van der Waals surface area contributed by atoms with Crippen LogP contribution in [0.4, 0.5) is 0 Å². The van der Waals surface area contributed by atoms with Crippen molar-refractivity contribution in [2.75, 3.05) is 20.2 Å². The zero-order valence-corrected chi connectivity index (χ0v) is 14.5. The minimum Gasteiger partial charge on any atom is -0.497 e. The van der Waals surface area contributed by atoms with E-state index < -0.39 is 5.60 Å². The molecule has 1 aromatic rings. The number of benzene rings is 1. The average molecular weight is 356 g/mol. The number of hydrogen-bond donors (Lipinski definition) is 1. The number of carbonyl (C=O) groups excluding carboxylic acids is 1. The van der Waals surface area contributed by atoms with Crippen LogP contribution in [0.25, 0.3) is 0 Å². The molecule has 2 rings (SSSR count).